The highest BCUT2D eigenvalue weighted by Crippen LogP contribution is 1.89. The van der Waals surface area contributed by atoms with Gasteiger partial charge in [-0.05, 0) is 0 Å². The second-order valence-corrected chi connectivity index (χ2v) is 3.82. The summed E-state index contributed by atoms with van der Waals surface area (Å²) in [5.74, 6) is 0. The Hall–Kier alpha value is 0.755. The van der Waals surface area contributed by atoms with Crippen LogP contribution in [-0.2, 0) is 0 Å². The van der Waals surface area contributed by atoms with Crippen molar-refractivity contribution in [3.8, 4) is 0 Å². The van der Waals surface area contributed by atoms with Crippen LogP contribution < -0.4 is 0 Å². The Balaban J connectivity index is 3.17. The van der Waals surface area contributed by atoms with Gasteiger partial charge in [-0.25, -0.2) is 0 Å². The number of rotatable bonds is 1. The fourth-order valence-corrected chi connectivity index (χ4v) is 0. The highest BCUT2D eigenvalue weighted by atomic mass is 127. The lowest BCUT2D eigenvalue weighted by molar-refractivity contribution is -0.750. The van der Waals surface area contributed by atoms with E-state index in [2.05, 4.69) is 43.5 Å². The summed E-state index contributed by atoms with van der Waals surface area (Å²) in [6.45, 7) is 0. The first-order chi connectivity index (χ1) is 2.56. The van der Waals surface area contributed by atoms with Crippen LogP contribution in [0.15, 0.2) is 0 Å². The molecule has 0 atom stereocenters. The summed E-state index contributed by atoms with van der Waals surface area (Å²) in [7, 11) is 6.69. The molecule has 0 saturated carbocycles. The molecule has 0 saturated heterocycles. The first-order valence-corrected chi connectivity index (χ1v) is 4.32. The minimum Gasteiger partial charge on any atom is -0.519 e. The smallest absolute Gasteiger partial charge is 0.240 e. The number of quaternary nitrogens is 1. The van der Waals surface area contributed by atoms with Gasteiger partial charge >= 0.3 is 0 Å². The lowest BCUT2D eigenvalue weighted by Gasteiger charge is -2.30. The van der Waals surface area contributed by atoms with Crippen LogP contribution >= 0.6 is 22.4 Å². The van der Waals surface area contributed by atoms with Crippen LogP contribution in [0.25, 0.3) is 0 Å². The van der Waals surface area contributed by atoms with Crippen molar-refractivity contribution in [3.63, 3.8) is 0 Å². The Kier molecular flexibility index (Phi) is 2.44. The van der Waals surface area contributed by atoms with Gasteiger partial charge in [0.05, 0.1) is 0 Å². The predicted molar refractivity (Wildman–Crippen MR) is 40.6 cm³/mol. The van der Waals surface area contributed by atoms with Crippen molar-refractivity contribution < 1.29 is 4.39 Å². The quantitative estimate of drug-likeness (QED) is 0.415. The molecule has 1 nitrogen and oxygen atoms in total. The molecule has 0 aliphatic heterocycles. The molecule has 38 valence electrons. The number of nitrogens with zero attached hydrogens (tertiary/aromatic N) is 1. The largest absolute Gasteiger partial charge is 0.519 e. The molecule has 0 unspecified atom stereocenters. The lowest BCUT2D eigenvalue weighted by atomic mass is 10.3. The highest BCUT2D eigenvalue weighted by Gasteiger charge is 1.91. The van der Waals surface area contributed by atoms with E-state index >= 15 is 0 Å². The summed E-state index contributed by atoms with van der Waals surface area (Å²) in [6.07, 6.45) is 0. The van der Waals surface area contributed by atoms with E-state index in [4.69, 9.17) is 0 Å². The fraction of sp³-hybridized carbons (Fsp3) is 1.00. The van der Waals surface area contributed by atoms with Gasteiger partial charge in [0.15, 0.2) is 0 Å². The molecule has 3 heteroatoms. The zero-order chi connectivity index (χ0) is 5.21. The van der Waals surface area contributed by atoms with E-state index in [9.17, 15) is 0 Å². The van der Waals surface area contributed by atoms with E-state index in [0.717, 1.165) is 0 Å². The van der Waals surface area contributed by atoms with E-state index in [-0.39, 0.29) is 5.27 Å². The van der Waals surface area contributed by atoms with Crippen molar-refractivity contribution in [1.29, 1.82) is 0 Å². The van der Waals surface area contributed by atoms with Gasteiger partial charge in [0, 0.05) is 21.1 Å². The highest BCUT2D eigenvalue weighted by molar-refractivity contribution is 14.1. The van der Waals surface area contributed by atoms with Gasteiger partial charge in [0.2, 0.25) is 5.27 Å². The Bertz CT molecular complexity index is 40.5. The van der Waals surface area contributed by atoms with Crippen LogP contribution in [0.4, 0.5) is 0 Å². The van der Waals surface area contributed by atoms with Gasteiger partial charge in [0.1, 0.15) is 0 Å². The van der Waals surface area contributed by atoms with Gasteiger partial charge in [-0.1, -0.05) is 0 Å². The molecule has 0 fully saturated rings. The second kappa shape index (κ2) is 2.16. The molecule has 0 aliphatic carbocycles. The van der Waals surface area contributed by atoms with Crippen LogP contribution in [0, 0.1) is 0 Å². The van der Waals surface area contributed by atoms with E-state index in [1.54, 1.807) is 0 Å². The van der Waals surface area contributed by atoms with Gasteiger partial charge in [-0.3, -0.25) is 22.4 Å². The summed E-state index contributed by atoms with van der Waals surface area (Å²) in [5, 5.41) is 0.262. The van der Waals surface area contributed by atoms with Crippen LogP contribution in [0.1, 0.15) is 0 Å². The van der Waals surface area contributed by atoms with Crippen molar-refractivity contribution in [2.75, 3.05) is 21.1 Å². The monoisotopic (exact) mass is 199 g/mol. The Morgan fingerprint density at radius 2 is 1.50 bits per heavy atom. The summed E-state index contributed by atoms with van der Waals surface area (Å²) >= 11 is 2.49. The number of hydrogen-bond donors (Lipinski definition) is 0. The number of hydrogen-bond acceptors (Lipinski definition) is 0. The maximum atomic E-state index is 2.49. The van der Waals surface area contributed by atoms with E-state index in [0.29, 0.717) is 0 Å². The molecule has 0 aromatic carbocycles. The summed E-state index contributed by atoms with van der Waals surface area (Å²) in [5.41, 5.74) is 0. The molecule has 0 N–H and O–H groups in total. The summed E-state index contributed by atoms with van der Waals surface area (Å²) < 4.78 is 1.18. The Labute approximate surface area is 53.4 Å². The topological polar surface area (TPSA) is 0 Å². The average molecular weight is 199 g/mol. The predicted octanol–water partition coefficient (Wildman–Crippen LogP) is 0.126. The van der Waals surface area contributed by atoms with E-state index in [1.807, 2.05) is 0 Å². The molecule has 0 radical (unpaired) electrons. The normalized spacial score (nSPS) is 12.0. The van der Waals surface area contributed by atoms with E-state index < -0.39 is 0 Å². The SMILES string of the molecule is C[N+](C)(C)[BH2-]I. The molecule has 0 aromatic heterocycles. The molecule has 0 rings (SSSR count). The molecule has 0 aliphatic rings. The molecule has 0 amide bonds. The van der Waals surface area contributed by atoms with Crippen LogP contribution in [0.2, 0.25) is 0 Å². The third-order valence-electron chi connectivity index (χ3n) is 0.507. The van der Waals surface area contributed by atoms with Crippen LogP contribution in [-0.4, -0.2) is 30.8 Å². The van der Waals surface area contributed by atoms with Crippen LogP contribution in [0.5, 0.6) is 0 Å². The molecular weight excluding hydrogens is 188 g/mol. The van der Waals surface area contributed by atoms with Gasteiger partial charge < -0.3 is 4.39 Å². The van der Waals surface area contributed by atoms with Gasteiger partial charge in [-0.2, -0.15) is 0 Å². The zero-order valence-corrected chi connectivity index (χ0v) is 6.98. The zero-order valence-electron chi connectivity index (χ0n) is 4.83. The lowest BCUT2D eigenvalue weighted by Crippen LogP contribution is -2.34. The summed E-state index contributed by atoms with van der Waals surface area (Å²) in [6, 6.07) is 0. The minimum atomic E-state index is 0.262. The Morgan fingerprint density at radius 3 is 1.50 bits per heavy atom. The molecule has 0 heterocycles. The standard InChI is InChI=1S/C3H11BIN/c1-6(2,3)4-5/h4H2,1-3H3. The van der Waals surface area contributed by atoms with Crippen molar-refractivity contribution >= 4 is 27.6 Å². The fourth-order valence-electron chi connectivity index (χ4n) is 0. The molecular formula is C3H11BIN. The maximum absolute atomic E-state index is 2.49. The maximum Gasteiger partial charge on any atom is 0.240 e. The minimum absolute atomic E-state index is 0.262. The van der Waals surface area contributed by atoms with Gasteiger partial charge in [-0.15, -0.1) is 0 Å². The molecule has 6 heavy (non-hydrogen) atoms. The first kappa shape index (κ1) is 6.75. The molecule has 0 aromatic rings. The van der Waals surface area contributed by atoms with Crippen molar-refractivity contribution in [3.05, 3.63) is 0 Å². The molecule has 0 bridgehead atoms. The van der Waals surface area contributed by atoms with Crippen molar-refractivity contribution in [2.24, 2.45) is 0 Å². The van der Waals surface area contributed by atoms with Crippen molar-refractivity contribution in [2.45, 2.75) is 0 Å². The summed E-state index contributed by atoms with van der Waals surface area (Å²) in [4.78, 5) is 0. The average Bonchev–Trinajstić information content (AvgIpc) is 1.35. The van der Waals surface area contributed by atoms with Crippen LogP contribution in [0.3, 0.4) is 0 Å². The molecule has 0 spiro atoms. The third-order valence-corrected chi connectivity index (χ3v) is 3.40. The Morgan fingerprint density at radius 1 is 1.33 bits per heavy atom. The van der Waals surface area contributed by atoms with Gasteiger partial charge in [0.25, 0.3) is 0 Å². The third kappa shape index (κ3) is 4.75. The number of halogens is 1. The van der Waals surface area contributed by atoms with Crippen molar-refractivity contribution in [1.82, 2.24) is 0 Å². The first-order valence-electron chi connectivity index (χ1n) is 2.17. The second-order valence-electron chi connectivity index (χ2n) is 2.85. The van der Waals surface area contributed by atoms with E-state index in [1.165, 1.54) is 4.39 Å².